The Hall–Kier alpha value is -2.92. The number of ether oxygens (including phenoxy) is 1. The van der Waals surface area contributed by atoms with E-state index in [1.54, 1.807) is 6.07 Å². The summed E-state index contributed by atoms with van der Waals surface area (Å²) in [7, 11) is 0. The first-order chi connectivity index (χ1) is 13.3. The highest BCUT2D eigenvalue weighted by molar-refractivity contribution is 6.05. The average molecular weight is 431 g/mol. The predicted molar refractivity (Wildman–Crippen MR) is 82.4 cm³/mol. The van der Waals surface area contributed by atoms with Gasteiger partial charge in [-0.05, 0) is 24.3 Å². The Morgan fingerprint density at radius 1 is 0.862 bits per heavy atom. The van der Waals surface area contributed by atoms with Crippen LogP contribution in [0.25, 0.3) is 0 Å². The predicted octanol–water partition coefficient (Wildman–Crippen LogP) is 5.83. The molecule has 0 radical (unpaired) electrons. The fourth-order valence-corrected chi connectivity index (χ4v) is 2.31. The highest BCUT2D eigenvalue weighted by Crippen LogP contribution is 2.54. The van der Waals surface area contributed by atoms with Crippen LogP contribution in [-0.4, -0.2) is 24.9 Å². The second kappa shape index (κ2) is 7.84. The molecular weight excluding hydrogens is 421 g/mol. The van der Waals surface area contributed by atoms with Crippen molar-refractivity contribution in [3.05, 3.63) is 59.7 Å². The van der Waals surface area contributed by atoms with Crippen LogP contribution < -0.4 is 10.1 Å². The lowest BCUT2D eigenvalue weighted by atomic mass is 9.93. The molecule has 1 amide bonds. The Balaban J connectivity index is 2.52. The molecule has 3 nitrogen and oxygen atoms in total. The van der Waals surface area contributed by atoms with E-state index in [2.05, 4.69) is 4.74 Å². The summed E-state index contributed by atoms with van der Waals surface area (Å²) in [6.07, 6.45) is -12.9. The molecular formula is C17H10F9NO2. The second-order valence-corrected chi connectivity index (χ2v) is 5.56. The normalized spacial score (nSPS) is 12.8. The summed E-state index contributed by atoms with van der Waals surface area (Å²) >= 11 is 0. The van der Waals surface area contributed by atoms with Crippen molar-refractivity contribution < 1.29 is 49.0 Å². The zero-order chi connectivity index (χ0) is 22.0. The van der Waals surface area contributed by atoms with E-state index in [1.165, 1.54) is 24.3 Å². The standard InChI is InChI=1S/C17H10F9NO2/c18-14(19)29-12-8-10(15(20,16(21,22)23)17(24,25)26)6-7-11(12)27-13(28)9-4-2-1-3-5-9/h1-8,14H,(H,27,28). The van der Waals surface area contributed by atoms with Crippen LogP contribution in [0.1, 0.15) is 15.9 Å². The van der Waals surface area contributed by atoms with Crippen LogP contribution in [0.3, 0.4) is 0 Å². The van der Waals surface area contributed by atoms with Gasteiger partial charge in [0.2, 0.25) is 0 Å². The minimum absolute atomic E-state index is 0.00462. The van der Waals surface area contributed by atoms with Gasteiger partial charge < -0.3 is 10.1 Å². The molecule has 0 saturated heterocycles. The maximum absolute atomic E-state index is 14.1. The summed E-state index contributed by atoms with van der Waals surface area (Å²) in [5, 5.41) is 2.01. The van der Waals surface area contributed by atoms with E-state index >= 15 is 0 Å². The molecule has 0 atom stereocenters. The SMILES string of the molecule is O=C(Nc1ccc(C(F)(C(F)(F)F)C(F)(F)F)cc1OC(F)F)c1ccccc1. The van der Waals surface area contributed by atoms with Gasteiger partial charge in [0.1, 0.15) is 5.75 Å². The van der Waals surface area contributed by atoms with E-state index < -0.39 is 47.5 Å². The molecule has 0 saturated carbocycles. The molecule has 2 rings (SSSR count). The summed E-state index contributed by atoms with van der Waals surface area (Å²) in [5.41, 5.74) is -8.56. The van der Waals surface area contributed by atoms with Crippen LogP contribution in [0.5, 0.6) is 5.75 Å². The van der Waals surface area contributed by atoms with E-state index in [0.29, 0.717) is 6.07 Å². The zero-order valence-electron chi connectivity index (χ0n) is 13.9. The van der Waals surface area contributed by atoms with Crippen LogP contribution in [0.15, 0.2) is 48.5 Å². The van der Waals surface area contributed by atoms with Gasteiger partial charge in [-0.1, -0.05) is 24.3 Å². The molecule has 0 unspecified atom stereocenters. The number of hydrogen-bond donors (Lipinski definition) is 1. The molecule has 0 aromatic heterocycles. The molecule has 2 aromatic carbocycles. The summed E-state index contributed by atoms with van der Waals surface area (Å²) in [6.45, 7) is -3.68. The van der Waals surface area contributed by atoms with Crippen molar-refractivity contribution in [1.29, 1.82) is 0 Å². The van der Waals surface area contributed by atoms with Crippen LogP contribution in [-0.2, 0) is 5.67 Å². The molecule has 0 heterocycles. The molecule has 0 spiro atoms. The van der Waals surface area contributed by atoms with Crippen molar-refractivity contribution in [1.82, 2.24) is 0 Å². The Morgan fingerprint density at radius 3 is 1.90 bits per heavy atom. The van der Waals surface area contributed by atoms with Gasteiger partial charge in [0.05, 0.1) is 5.69 Å². The summed E-state index contributed by atoms with van der Waals surface area (Å²) < 4.78 is 120. The van der Waals surface area contributed by atoms with Crippen molar-refractivity contribution in [2.24, 2.45) is 0 Å². The number of carbonyl (C=O) groups excluding carboxylic acids is 1. The fraction of sp³-hybridized carbons (Fsp3) is 0.235. The van der Waals surface area contributed by atoms with E-state index in [1.807, 2.05) is 5.32 Å². The Labute approximate surface area is 157 Å². The molecule has 12 heteroatoms. The number of benzene rings is 2. The molecule has 2 aromatic rings. The second-order valence-electron chi connectivity index (χ2n) is 5.56. The maximum atomic E-state index is 14.1. The number of nitrogens with one attached hydrogen (secondary N) is 1. The highest BCUT2D eigenvalue weighted by atomic mass is 19.4. The smallest absolute Gasteiger partial charge is 0.433 e. The van der Waals surface area contributed by atoms with Gasteiger partial charge in [-0.3, -0.25) is 4.79 Å². The Kier molecular flexibility index (Phi) is 6.04. The molecule has 0 fully saturated rings. The highest BCUT2D eigenvalue weighted by Gasteiger charge is 2.73. The fourth-order valence-electron chi connectivity index (χ4n) is 2.31. The number of hydrogen-bond acceptors (Lipinski definition) is 2. The van der Waals surface area contributed by atoms with Crippen molar-refractivity contribution in [3.8, 4) is 5.75 Å². The summed E-state index contributed by atoms with van der Waals surface area (Å²) in [4.78, 5) is 12.1. The van der Waals surface area contributed by atoms with Gasteiger partial charge in [0.25, 0.3) is 5.91 Å². The molecule has 0 aliphatic heterocycles. The monoisotopic (exact) mass is 431 g/mol. The van der Waals surface area contributed by atoms with Gasteiger partial charge in [-0.25, -0.2) is 4.39 Å². The van der Waals surface area contributed by atoms with Crippen molar-refractivity contribution in [2.75, 3.05) is 5.32 Å². The van der Waals surface area contributed by atoms with E-state index in [4.69, 9.17) is 0 Å². The lowest BCUT2D eigenvalue weighted by Crippen LogP contribution is -2.50. The van der Waals surface area contributed by atoms with Crippen LogP contribution in [0.4, 0.5) is 45.2 Å². The van der Waals surface area contributed by atoms with Crippen LogP contribution in [0.2, 0.25) is 0 Å². The summed E-state index contributed by atoms with van der Waals surface area (Å²) in [6, 6.07) is 7.32. The van der Waals surface area contributed by atoms with E-state index in [9.17, 15) is 44.3 Å². The third kappa shape index (κ3) is 4.57. The first kappa shape index (κ1) is 22.4. The van der Waals surface area contributed by atoms with Crippen LogP contribution >= 0.6 is 0 Å². The van der Waals surface area contributed by atoms with Gasteiger partial charge in [0, 0.05) is 11.1 Å². The van der Waals surface area contributed by atoms with E-state index in [-0.39, 0.29) is 17.7 Å². The molecule has 158 valence electrons. The average Bonchev–Trinajstić information content (AvgIpc) is 2.60. The lowest BCUT2D eigenvalue weighted by molar-refractivity contribution is -0.348. The van der Waals surface area contributed by atoms with Gasteiger partial charge in [-0.2, -0.15) is 35.1 Å². The number of carbonyl (C=O) groups is 1. The Bertz CT molecular complexity index is 849. The molecule has 0 aliphatic rings. The topological polar surface area (TPSA) is 38.3 Å². The minimum atomic E-state index is -6.44. The van der Waals surface area contributed by atoms with Gasteiger partial charge in [0.15, 0.2) is 0 Å². The lowest BCUT2D eigenvalue weighted by Gasteiger charge is -2.30. The first-order valence-electron chi connectivity index (χ1n) is 7.55. The number of rotatable bonds is 5. The van der Waals surface area contributed by atoms with Crippen LogP contribution in [0, 0.1) is 0 Å². The maximum Gasteiger partial charge on any atom is 0.435 e. The quantitative estimate of drug-likeness (QED) is 0.605. The number of anilines is 1. The van der Waals surface area contributed by atoms with Gasteiger partial charge in [-0.15, -0.1) is 0 Å². The molecule has 0 aliphatic carbocycles. The minimum Gasteiger partial charge on any atom is -0.433 e. The third-order valence-electron chi connectivity index (χ3n) is 3.66. The molecule has 1 N–H and O–H groups in total. The van der Waals surface area contributed by atoms with Crippen molar-refractivity contribution in [2.45, 2.75) is 24.6 Å². The molecule has 29 heavy (non-hydrogen) atoms. The van der Waals surface area contributed by atoms with Gasteiger partial charge >= 0.3 is 24.6 Å². The third-order valence-corrected chi connectivity index (χ3v) is 3.66. The molecule has 0 bridgehead atoms. The first-order valence-corrected chi connectivity index (χ1v) is 7.55. The largest absolute Gasteiger partial charge is 0.435 e. The van der Waals surface area contributed by atoms with Crippen molar-refractivity contribution >= 4 is 11.6 Å². The van der Waals surface area contributed by atoms with Crippen molar-refractivity contribution in [3.63, 3.8) is 0 Å². The zero-order valence-corrected chi connectivity index (χ0v) is 13.9. The number of amides is 1. The summed E-state index contributed by atoms with van der Waals surface area (Å²) in [5.74, 6) is -2.20. The number of alkyl halides is 9. The Morgan fingerprint density at radius 2 is 1.41 bits per heavy atom. The van der Waals surface area contributed by atoms with E-state index in [0.717, 1.165) is 0 Å². The number of halogens is 9.